The average Bonchev–Trinajstić information content (AvgIpc) is 2.43. The third-order valence-electron chi connectivity index (χ3n) is 3.44. The Morgan fingerprint density at radius 3 is 2.40 bits per heavy atom. The van der Waals surface area contributed by atoms with Gasteiger partial charge in [0.05, 0.1) is 15.6 Å². The molecule has 1 unspecified atom stereocenters. The zero-order valence-electron chi connectivity index (χ0n) is 11.0. The van der Waals surface area contributed by atoms with Gasteiger partial charge in [-0.15, -0.1) is 0 Å². The van der Waals surface area contributed by atoms with Crippen LogP contribution in [0.15, 0.2) is 42.5 Å². The van der Waals surface area contributed by atoms with Gasteiger partial charge in [0.2, 0.25) is 0 Å². The molecule has 0 amide bonds. The summed E-state index contributed by atoms with van der Waals surface area (Å²) in [6.45, 7) is 1.82. The van der Waals surface area contributed by atoms with Crippen molar-refractivity contribution < 1.29 is 9.50 Å². The predicted molar refractivity (Wildman–Crippen MR) is 80.8 cm³/mol. The number of halogens is 3. The molecule has 4 heteroatoms. The van der Waals surface area contributed by atoms with Crippen LogP contribution >= 0.6 is 23.2 Å². The number of hydrogen-bond acceptors (Lipinski definition) is 1. The Bertz CT molecular complexity index is 615. The zero-order chi connectivity index (χ0) is 14.8. The van der Waals surface area contributed by atoms with E-state index in [-0.39, 0.29) is 6.42 Å². The fourth-order valence-corrected chi connectivity index (χ4v) is 2.56. The molecule has 2 aromatic carbocycles. The van der Waals surface area contributed by atoms with Crippen LogP contribution in [0.2, 0.25) is 10.0 Å². The van der Waals surface area contributed by atoms with Gasteiger partial charge in [-0.25, -0.2) is 4.39 Å². The Labute approximate surface area is 128 Å². The molecular weight excluding hydrogens is 298 g/mol. The molecule has 1 N–H and O–H groups in total. The molecule has 0 aromatic heterocycles. The van der Waals surface area contributed by atoms with E-state index in [9.17, 15) is 9.50 Å². The summed E-state index contributed by atoms with van der Waals surface area (Å²) < 4.78 is 13.9. The van der Waals surface area contributed by atoms with Gasteiger partial charge in [-0.1, -0.05) is 54.4 Å². The minimum atomic E-state index is -1.26. The summed E-state index contributed by atoms with van der Waals surface area (Å²) in [6, 6.07) is 11.4. The maximum absolute atomic E-state index is 13.9. The molecule has 1 nitrogen and oxygen atoms in total. The first-order valence-corrected chi connectivity index (χ1v) is 7.13. The molecule has 0 aliphatic carbocycles. The third kappa shape index (κ3) is 3.14. The first kappa shape index (κ1) is 15.3. The van der Waals surface area contributed by atoms with Gasteiger partial charge in [-0.3, -0.25) is 0 Å². The first-order chi connectivity index (χ1) is 9.46. The van der Waals surface area contributed by atoms with Gasteiger partial charge in [-0.05, 0) is 30.2 Å². The lowest BCUT2D eigenvalue weighted by molar-refractivity contribution is 0.0292. The van der Waals surface area contributed by atoms with Gasteiger partial charge in [0, 0.05) is 12.0 Å². The Kier molecular flexibility index (Phi) is 4.69. The highest BCUT2D eigenvalue weighted by Gasteiger charge is 2.30. The number of hydrogen-bond donors (Lipinski definition) is 1. The summed E-state index contributed by atoms with van der Waals surface area (Å²) in [5.74, 6) is -0.406. The molecule has 0 aliphatic heterocycles. The molecule has 0 fully saturated rings. The van der Waals surface area contributed by atoms with E-state index in [0.717, 1.165) is 5.56 Å². The molecule has 1 atom stereocenters. The topological polar surface area (TPSA) is 20.2 Å². The van der Waals surface area contributed by atoms with Crippen molar-refractivity contribution >= 4 is 23.2 Å². The quantitative estimate of drug-likeness (QED) is 0.844. The molecule has 0 saturated heterocycles. The zero-order valence-corrected chi connectivity index (χ0v) is 12.5. The van der Waals surface area contributed by atoms with Crippen LogP contribution < -0.4 is 0 Å². The molecule has 0 heterocycles. The van der Waals surface area contributed by atoms with Crippen LogP contribution in [0.3, 0.4) is 0 Å². The van der Waals surface area contributed by atoms with E-state index in [4.69, 9.17) is 23.2 Å². The molecule has 0 radical (unpaired) electrons. The summed E-state index contributed by atoms with van der Waals surface area (Å²) >= 11 is 11.8. The van der Waals surface area contributed by atoms with Crippen LogP contribution in [0.5, 0.6) is 0 Å². The van der Waals surface area contributed by atoms with Gasteiger partial charge < -0.3 is 5.11 Å². The summed E-state index contributed by atoms with van der Waals surface area (Å²) in [5, 5.41) is 11.7. The van der Waals surface area contributed by atoms with Crippen molar-refractivity contribution in [1.82, 2.24) is 0 Å². The van der Waals surface area contributed by atoms with Crippen molar-refractivity contribution in [2.45, 2.75) is 25.4 Å². The van der Waals surface area contributed by atoms with E-state index in [2.05, 4.69) is 0 Å². The highest BCUT2D eigenvalue weighted by molar-refractivity contribution is 6.42. The first-order valence-electron chi connectivity index (χ1n) is 6.37. The second kappa shape index (κ2) is 6.13. The highest BCUT2D eigenvalue weighted by Crippen LogP contribution is 2.32. The molecular formula is C16H15Cl2FO. The highest BCUT2D eigenvalue weighted by atomic mass is 35.5. The Morgan fingerprint density at radius 2 is 1.80 bits per heavy atom. The molecule has 0 bridgehead atoms. The van der Waals surface area contributed by atoms with Gasteiger partial charge in [0.1, 0.15) is 5.82 Å². The number of rotatable bonds is 4. The van der Waals surface area contributed by atoms with E-state index in [1.165, 1.54) is 6.07 Å². The monoisotopic (exact) mass is 312 g/mol. The van der Waals surface area contributed by atoms with Crippen LogP contribution in [0.4, 0.5) is 4.39 Å². The van der Waals surface area contributed by atoms with Crippen molar-refractivity contribution in [3.05, 3.63) is 69.5 Å². The van der Waals surface area contributed by atoms with Crippen molar-refractivity contribution in [3.8, 4) is 0 Å². The second-order valence-electron chi connectivity index (χ2n) is 4.79. The minimum absolute atomic E-state index is 0.279. The summed E-state index contributed by atoms with van der Waals surface area (Å²) in [4.78, 5) is 0. The lowest BCUT2D eigenvalue weighted by atomic mass is 9.85. The molecule has 20 heavy (non-hydrogen) atoms. The summed E-state index contributed by atoms with van der Waals surface area (Å²) in [7, 11) is 0. The molecule has 106 valence electrons. The van der Waals surface area contributed by atoms with Gasteiger partial charge in [0.25, 0.3) is 0 Å². The predicted octanol–water partition coefficient (Wildman–Crippen LogP) is 4.97. The van der Waals surface area contributed by atoms with Gasteiger partial charge in [-0.2, -0.15) is 0 Å². The second-order valence-corrected chi connectivity index (χ2v) is 5.60. The standard InChI is InChI=1S/C16H15Cl2FO/c1-2-16(20,12-5-3-4-6-15(12)19)10-11-7-8-13(17)14(18)9-11/h3-9,20H,2,10H2,1H3. The van der Waals surface area contributed by atoms with Crippen LogP contribution in [0, 0.1) is 5.82 Å². The number of benzene rings is 2. The smallest absolute Gasteiger partial charge is 0.129 e. The van der Waals surface area contributed by atoms with Crippen molar-refractivity contribution in [3.63, 3.8) is 0 Å². The van der Waals surface area contributed by atoms with Crippen LogP contribution in [0.1, 0.15) is 24.5 Å². The van der Waals surface area contributed by atoms with E-state index in [1.807, 2.05) is 6.92 Å². The molecule has 2 rings (SSSR count). The lowest BCUT2D eigenvalue weighted by Crippen LogP contribution is -2.29. The maximum Gasteiger partial charge on any atom is 0.129 e. The third-order valence-corrected chi connectivity index (χ3v) is 4.18. The van der Waals surface area contributed by atoms with Crippen molar-refractivity contribution in [2.75, 3.05) is 0 Å². The van der Waals surface area contributed by atoms with Gasteiger partial charge in [0.15, 0.2) is 0 Å². The molecule has 0 spiro atoms. The van der Waals surface area contributed by atoms with Crippen molar-refractivity contribution in [2.24, 2.45) is 0 Å². The van der Waals surface area contributed by atoms with E-state index >= 15 is 0 Å². The Morgan fingerprint density at radius 1 is 1.10 bits per heavy atom. The van der Waals surface area contributed by atoms with Crippen LogP contribution in [-0.2, 0) is 12.0 Å². The normalized spacial score (nSPS) is 14.1. The van der Waals surface area contributed by atoms with Gasteiger partial charge >= 0.3 is 0 Å². The van der Waals surface area contributed by atoms with E-state index in [0.29, 0.717) is 22.0 Å². The van der Waals surface area contributed by atoms with Crippen LogP contribution in [0.25, 0.3) is 0 Å². The fraction of sp³-hybridized carbons (Fsp3) is 0.250. The maximum atomic E-state index is 13.9. The SMILES string of the molecule is CCC(O)(Cc1ccc(Cl)c(Cl)c1)c1ccccc1F. The molecule has 0 aliphatic rings. The molecule has 0 saturated carbocycles. The molecule has 2 aromatic rings. The van der Waals surface area contributed by atoms with E-state index in [1.54, 1.807) is 36.4 Å². The minimum Gasteiger partial charge on any atom is -0.385 e. The van der Waals surface area contributed by atoms with Crippen molar-refractivity contribution in [1.29, 1.82) is 0 Å². The average molecular weight is 313 g/mol. The largest absolute Gasteiger partial charge is 0.385 e. The Balaban J connectivity index is 2.36. The Hall–Kier alpha value is -1.09. The van der Waals surface area contributed by atoms with E-state index < -0.39 is 11.4 Å². The summed E-state index contributed by atoms with van der Waals surface area (Å²) in [6.07, 6.45) is 0.676. The van der Waals surface area contributed by atoms with Crippen LogP contribution in [-0.4, -0.2) is 5.11 Å². The lowest BCUT2D eigenvalue weighted by Gasteiger charge is -2.28. The number of aliphatic hydroxyl groups is 1. The summed E-state index contributed by atoms with van der Waals surface area (Å²) in [5.41, 5.74) is -0.150. The fourth-order valence-electron chi connectivity index (χ4n) is 2.24.